The summed E-state index contributed by atoms with van der Waals surface area (Å²) in [5, 5.41) is 0. The summed E-state index contributed by atoms with van der Waals surface area (Å²) in [7, 11) is 0. The van der Waals surface area contributed by atoms with Crippen LogP contribution in [0.2, 0.25) is 0 Å². The van der Waals surface area contributed by atoms with Gasteiger partial charge in [-0.1, -0.05) is 105 Å². The average molecular weight is 476 g/mol. The van der Waals surface area contributed by atoms with Crippen LogP contribution in [-0.4, -0.2) is 6.04 Å². The molecule has 0 spiro atoms. The van der Waals surface area contributed by atoms with Crippen molar-refractivity contribution in [3.8, 4) is 33.4 Å². The van der Waals surface area contributed by atoms with Gasteiger partial charge in [-0.3, -0.25) is 0 Å². The molecule has 1 aliphatic carbocycles. The lowest BCUT2D eigenvalue weighted by Crippen LogP contribution is -2.23. The second-order valence-electron chi connectivity index (χ2n) is 11.4. The summed E-state index contributed by atoms with van der Waals surface area (Å²) in [6.45, 7) is 4.76. The molecule has 0 bridgehead atoms. The number of fused-ring (bicyclic) bond motifs is 9. The molecule has 1 nitrogen and oxygen atoms in total. The van der Waals surface area contributed by atoms with Crippen LogP contribution in [0.25, 0.3) is 33.4 Å². The van der Waals surface area contributed by atoms with Crippen molar-refractivity contribution in [1.82, 2.24) is 0 Å². The van der Waals surface area contributed by atoms with E-state index in [9.17, 15) is 0 Å². The number of benzene rings is 5. The van der Waals surface area contributed by atoms with Gasteiger partial charge in [0, 0.05) is 22.7 Å². The van der Waals surface area contributed by atoms with E-state index in [4.69, 9.17) is 0 Å². The van der Waals surface area contributed by atoms with Crippen LogP contribution >= 0.6 is 0 Å². The molecule has 0 aromatic heterocycles. The third kappa shape index (κ3) is 2.92. The van der Waals surface area contributed by atoms with Crippen molar-refractivity contribution in [1.29, 1.82) is 0 Å². The monoisotopic (exact) mass is 475 g/mol. The van der Waals surface area contributed by atoms with Gasteiger partial charge in [0.25, 0.3) is 0 Å². The highest BCUT2D eigenvalue weighted by molar-refractivity contribution is 5.96. The van der Waals surface area contributed by atoms with E-state index in [1.165, 1.54) is 67.0 Å². The van der Waals surface area contributed by atoms with Crippen molar-refractivity contribution >= 4 is 11.4 Å². The van der Waals surface area contributed by atoms with E-state index < -0.39 is 0 Å². The van der Waals surface area contributed by atoms with Gasteiger partial charge in [-0.05, 0) is 81.1 Å². The summed E-state index contributed by atoms with van der Waals surface area (Å²) in [6, 6.07) is 41.1. The minimum Gasteiger partial charge on any atom is -0.337 e. The molecule has 37 heavy (non-hydrogen) atoms. The third-order valence-electron chi connectivity index (χ3n) is 8.96. The Morgan fingerprint density at radius 3 is 2.16 bits per heavy atom. The Morgan fingerprint density at radius 1 is 0.595 bits per heavy atom. The molecule has 1 heteroatoms. The lowest BCUT2D eigenvalue weighted by molar-refractivity contribution is 0.660. The zero-order chi connectivity index (χ0) is 24.7. The Kier molecular flexibility index (Phi) is 4.24. The Labute approximate surface area is 219 Å². The van der Waals surface area contributed by atoms with Crippen LogP contribution in [0, 0.1) is 0 Å². The highest BCUT2D eigenvalue weighted by Gasteiger charge is 2.44. The second kappa shape index (κ2) is 7.46. The maximum absolute atomic E-state index is 2.67. The van der Waals surface area contributed by atoms with E-state index >= 15 is 0 Å². The molecule has 8 rings (SSSR count). The fraction of sp³-hybridized carbons (Fsp3) is 0.167. The Bertz CT molecular complexity index is 1710. The molecule has 0 radical (unpaired) electrons. The van der Waals surface area contributed by atoms with Crippen LogP contribution < -0.4 is 4.90 Å². The molecule has 0 saturated heterocycles. The molecule has 2 aliphatic heterocycles. The lowest BCUT2D eigenvalue weighted by atomic mass is 9.82. The summed E-state index contributed by atoms with van der Waals surface area (Å²) in [5.41, 5.74) is 16.8. The van der Waals surface area contributed by atoms with Gasteiger partial charge in [0.15, 0.2) is 0 Å². The lowest BCUT2D eigenvalue weighted by Gasteiger charge is -2.25. The molecule has 0 fully saturated rings. The van der Waals surface area contributed by atoms with Crippen molar-refractivity contribution in [2.75, 3.05) is 4.90 Å². The molecule has 5 aromatic rings. The van der Waals surface area contributed by atoms with Gasteiger partial charge >= 0.3 is 0 Å². The molecule has 3 aliphatic rings. The minimum absolute atomic E-state index is 0.0369. The van der Waals surface area contributed by atoms with E-state index in [2.05, 4.69) is 128 Å². The number of hydrogen-bond donors (Lipinski definition) is 0. The Morgan fingerprint density at radius 2 is 1.30 bits per heavy atom. The van der Waals surface area contributed by atoms with Gasteiger partial charge < -0.3 is 4.90 Å². The van der Waals surface area contributed by atoms with E-state index in [0.717, 1.165) is 12.8 Å². The molecule has 178 valence electrons. The number of rotatable bonds is 2. The van der Waals surface area contributed by atoms with Gasteiger partial charge in [0.2, 0.25) is 0 Å². The topological polar surface area (TPSA) is 3.24 Å². The molecule has 2 heterocycles. The Hall–Kier alpha value is -4.10. The van der Waals surface area contributed by atoms with Gasteiger partial charge in [0.1, 0.15) is 0 Å². The smallest absolute Gasteiger partial charge is 0.0529 e. The van der Waals surface area contributed by atoms with Crippen LogP contribution in [0.1, 0.15) is 36.1 Å². The zero-order valence-electron chi connectivity index (χ0n) is 21.3. The Balaban J connectivity index is 1.23. The predicted molar refractivity (Wildman–Crippen MR) is 155 cm³/mol. The van der Waals surface area contributed by atoms with Crippen LogP contribution in [0.3, 0.4) is 0 Å². The van der Waals surface area contributed by atoms with Crippen LogP contribution in [0.4, 0.5) is 11.4 Å². The van der Waals surface area contributed by atoms with Crippen LogP contribution in [-0.2, 0) is 18.3 Å². The molecule has 1 unspecified atom stereocenters. The largest absolute Gasteiger partial charge is 0.337 e. The maximum atomic E-state index is 2.67. The highest BCUT2D eigenvalue weighted by Crippen LogP contribution is 2.58. The number of anilines is 2. The molecule has 5 aromatic carbocycles. The van der Waals surface area contributed by atoms with Crippen LogP contribution in [0.5, 0.6) is 0 Å². The number of nitrogens with zero attached hydrogens (tertiary/aromatic N) is 1. The minimum atomic E-state index is 0.0369. The average Bonchev–Trinajstić information content (AvgIpc) is 3.55. The van der Waals surface area contributed by atoms with Gasteiger partial charge in [-0.2, -0.15) is 0 Å². The summed E-state index contributed by atoms with van der Waals surface area (Å²) in [6.07, 6.45) is 2.23. The normalized spacial score (nSPS) is 17.7. The van der Waals surface area contributed by atoms with Crippen molar-refractivity contribution in [3.63, 3.8) is 0 Å². The molecule has 0 N–H and O–H groups in total. The van der Waals surface area contributed by atoms with Crippen molar-refractivity contribution in [2.24, 2.45) is 0 Å². The fourth-order valence-corrected chi connectivity index (χ4v) is 7.19. The first-order valence-electron chi connectivity index (χ1n) is 13.4. The highest BCUT2D eigenvalue weighted by atomic mass is 15.2. The van der Waals surface area contributed by atoms with Gasteiger partial charge in [-0.25, -0.2) is 0 Å². The van der Waals surface area contributed by atoms with Gasteiger partial charge in [-0.15, -0.1) is 0 Å². The summed E-state index contributed by atoms with van der Waals surface area (Å²) in [5.74, 6) is 0. The van der Waals surface area contributed by atoms with Crippen molar-refractivity contribution in [3.05, 3.63) is 131 Å². The van der Waals surface area contributed by atoms with E-state index in [-0.39, 0.29) is 5.41 Å². The van der Waals surface area contributed by atoms with E-state index in [1.807, 2.05) is 0 Å². The molecular weight excluding hydrogens is 446 g/mol. The molecular formula is C36H29N. The summed E-state index contributed by atoms with van der Waals surface area (Å²) < 4.78 is 0. The first-order chi connectivity index (χ1) is 18.1. The second-order valence-corrected chi connectivity index (χ2v) is 11.4. The van der Waals surface area contributed by atoms with E-state index in [1.54, 1.807) is 0 Å². The van der Waals surface area contributed by atoms with Gasteiger partial charge in [0.05, 0.1) is 5.69 Å². The van der Waals surface area contributed by atoms with E-state index in [0.29, 0.717) is 6.04 Å². The quantitative estimate of drug-likeness (QED) is 0.246. The standard InChI is InChI=1S/C36H29N/c1-36(2)31-14-7-6-13-30(31)34-32(36)17-15-27-21-29-22-28-20-26(16-18-33(28)37(29)35(27)34)25-12-8-11-24(19-25)23-9-4-3-5-10-23/h3-20,29H,21-22H2,1-2H3. The summed E-state index contributed by atoms with van der Waals surface area (Å²) >= 11 is 0. The summed E-state index contributed by atoms with van der Waals surface area (Å²) in [4.78, 5) is 2.67. The fourth-order valence-electron chi connectivity index (χ4n) is 7.19. The predicted octanol–water partition coefficient (Wildman–Crippen LogP) is 8.95. The third-order valence-corrected chi connectivity index (χ3v) is 8.96. The van der Waals surface area contributed by atoms with Crippen molar-refractivity contribution in [2.45, 2.75) is 38.1 Å². The number of hydrogen-bond acceptors (Lipinski definition) is 1. The first kappa shape index (κ1) is 21.0. The zero-order valence-corrected chi connectivity index (χ0v) is 21.3. The molecule has 0 amide bonds. The first-order valence-corrected chi connectivity index (χ1v) is 13.4. The molecule has 1 atom stereocenters. The maximum Gasteiger partial charge on any atom is 0.0529 e. The molecule has 0 saturated carbocycles. The SMILES string of the molecule is CC1(C)c2ccccc2-c2c1ccc1c2N2c3ccc(-c4cccc(-c5ccccc5)c4)cc3CC2C1. The van der Waals surface area contributed by atoms with Crippen LogP contribution in [0.15, 0.2) is 109 Å². The van der Waals surface area contributed by atoms with Crippen molar-refractivity contribution < 1.29 is 0 Å².